The third-order valence-electron chi connectivity index (χ3n) is 5.95. The summed E-state index contributed by atoms with van der Waals surface area (Å²) >= 11 is 1.37. The van der Waals surface area contributed by atoms with Gasteiger partial charge in [-0.3, -0.25) is 4.72 Å². The molecule has 3 aromatic rings. The van der Waals surface area contributed by atoms with E-state index in [-0.39, 0.29) is 35.6 Å². The Morgan fingerprint density at radius 1 is 1.26 bits per heavy atom. The first-order chi connectivity index (χ1) is 16.7. The average Bonchev–Trinajstić information content (AvgIpc) is 3.44. The zero-order chi connectivity index (χ0) is 24.7. The quantitative estimate of drug-likeness (QED) is 0.464. The Morgan fingerprint density at radius 2 is 2.06 bits per heavy atom. The van der Waals surface area contributed by atoms with Gasteiger partial charge in [-0.2, -0.15) is 13.1 Å². The number of fused-ring (bicyclic) bond motifs is 1. The number of pyridine rings is 1. The van der Waals surface area contributed by atoms with Crippen LogP contribution >= 0.6 is 11.3 Å². The fourth-order valence-corrected chi connectivity index (χ4v) is 5.55. The maximum atomic E-state index is 15.2. The first kappa shape index (κ1) is 23.6. The molecule has 3 heterocycles. The van der Waals surface area contributed by atoms with Crippen molar-refractivity contribution in [3.05, 3.63) is 67.4 Å². The van der Waals surface area contributed by atoms with Gasteiger partial charge in [-0.15, -0.1) is 0 Å². The zero-order valence-corrected chi connectivity index (χ0v) is 20.6. The predicted octanol–water partition coefficient (Wildman–Crippen LogP) is 1.60. The van der Waals surface area contributed by atoms with E-state index in [1.807, 2.05) is 18.4 Å². The monoisotopic (exact) mass is 518 g/mol. The molecule has 2 N–H and O–H groups in total. The molecule has 2 unspecified atom stereocenters. The Balaban J connectivity index is 1.45. The summed E-state index contributed by atoms with van der Waals surface area (Å²) in [5.41, 5.74) is 0.876. The molecule has 1 saturated carbocycles. The highest BCUT2D eigenvalue weighted by atomic mass is 32.2. The highest BCUT2D eigenvalue weighted by Crippen LogP contribution is 2.23. The molecule has 35 heavy (non-hydrogen) atoms. The Labute approximate surface area is 204 Å². The Bertz CT molecular complexity index is 1550. The van der Waals surface area contributed by atoms with Crippen molar-refractivity contribution in [2.45, 2.75) is 45.3 Å². The highest BCUT2D eigenvalue weighted by Gasteiger charge is 2.28. The minimum absolute atomic E-state index is 0.0247. The molecule has 0 amide bonds. The van der Waals surface area contributed by atoms with Gasteiger partial charge in [0.05, 0.1) is 0 Å². The maximum absolute atomic E-state index is 15.2. The molecule has 12 heteroatoms. The highest BCUT2D eigenvalue weighted by molar-refractivity contribution is 7.90. The number of anilines is 1. The summed E-state index contributed by atoms with van der Waals surface area (Å²) in [5, 5.41) is 3.09. The van der Waals surface area contributed by atoms with Crippen LogP contribution in [0.15, 0.2) is 33.1 Å². The molecule has 0 aromatic carbocycles. The molecule has 5 rings (SSSR count). The van der Waals surface area contributed by atoms with Crippen molar-refractivity contribution >= 4 is 39.5 Å². The third kappa shape index (κ3) is 5.14. The summed E-state index contributed by atoms with van der Waals surface area (Å²) in [6.07, 6.45) is 7.73. The van der Waals surface area contributed by atoms with Crippen LogP contribution in [0.2, 0.25) is 0 Å². The summed E-state index contributed by atoms with van der Waals surface area (Å²) in [4.78, 5) is 20.8. The number of hydrogen-bond acceptors (Lipinski definition) is 8. The lowest BCUT2D eigenvalue weighted by molar-refractivity contribution is 0.226. The second kappa shape index (κ2) is 9.17. The van der Waals surface area contributed by atoms with Crippen molar-refractivity contribution in [3.8, 4) is 5.19 Å². The number of ether oxygens (including phenoxy) is 1. The number of thiazole rings is 1. The van der Waals surface area contributed by atoms with Crippen LogP contribution in [-0.4, -0.2) is 30.5 Å². The second-order valence-corrected chi connectivity index (χ2v) is 11.0. The van der Waals surface area contributed by atoms with Crippen LogP contribution in [0.1, 0.15) is 36.5 Å². The molecule has 3 aromatic heterocycles. The molecular weight excluding hydrogens is 495 g/mol. The molecule has 0 spiro atoms. The van der Waals surface area contributed by atoms with Crippen molar-refractivity contribution in [2.75, 3.05) is 4.72 Å². The molecule has 0 aliphatic heterocycles. The average molecular weight is 519 g/mol. The number of aromatic nitrogens is 2. The molecule has 2 aliphatic rings. The molecular formula is C23H23FN4O5S2. The van der Waals surface area contributed by atoms with Crippen molar-refractivity contribution in [2.24, 2.45) is 5.92 Å². The summed E-state index contributed by atoms with van der Waals surface area (Å²) in [6.45, 7) is 3.77. The lowest BCUT2D eigenvalue weighted by atomic mass is 9.94. The molecule has 184 valence electrons. The van der Waals surface area contributed by atoms with Crippen molar-refractivity contribution in [3.63, 3.8) is 0 Å². The van der Waals surface area contributed by atoms with Crippen LogP contribution < -0.4 is 30.4 Å². The molecule has 9 nitrogen and oxygen atoms in total. The zero-order valence-electron chi connectivity index (χ0n) is 18.9. The number of rotatable bonds is 8. The van der Waals surface area contributed by atoms with E-state index in [1.165, 1.54) is 23.6 Å². The van der Waals surface area contributed by atoms with Gasteiger partial charge >= 0.3 is 15.8 Å². The van der Waals surface area contributed by atoms with E-state index in [0.717, 1.165) is 18.1 Å². The molecule has 0 radical (unpaired) electrons. The Morgan fingerprint density at radius 3 is 2.77 bits per heavy atom. The van der Waals surface area contributed by atoms with E-state index in [4.69, 9.17) is 9.15 Å². The number of nitrogens with one attached hydrogen (secondary N) is 2. The third-order valence-corrected chi connectivity index (χ3v) is 7.71. The van der Waals surface area contributed by atoms with E-state index < -0.39 is 27.5 Å². The Hall–Kier alpha value is -3.09. The van der Waals surface area contributed by atoms with Gasteiger partial charge in [0, 0.05) is 53.0 Å². The van der Waals surface area contributed by atoms with Crippen LogP contribution in [0.4, 0.5) is 10.2 Å². The molecule has 2 atom stereocenters. The molecule has 2 aliphatic carbocycles. The minimum Gasteiger partial charge on any atom is -0.462 e. The summed E-state index contributed by atoms with van der Waals surface area (Å²) in [7, 11) is -3.95. The van der Waals surface area contributed by atoms with Gasteiger partial charge in [-0.1, -0.05) is 24.3 Å². The lowest BCUT2D eigenvalue weighted by Crippen LogP contribution is -2.42. The largest absolute Gasteiger partial charge is 0.462 e. The van der Waals surface area contributed by atoms with Gasteiger partial charge in [0.25, 0.3) is 5.19 Å². The van der Waals surface area contributed by atoms with Crippen molar-refractivity contribution in [1.29, 1.82) is 0 Å². The van der Waals surface area contributed by atoms with Crippen LogP contribution in [-0.2, 0) is 16.6 Å². The van der Waals surface area contributed by atoms with E-state index >= 15 is 4.39 Å². The topological polar surface area (TPSA) is 123 Å². The molecule has 0 saturated heterocycles. The Kier molecular flexibility index (Phi) is 6.20. The van der Waals surface area contributed by atoms with E-state index in [2.05, 4.69) is 19.4 Å². The van der Waals surface area contributed by atoms with Crippen molar-refractivity contribution in [1.82, 2.24) is 14.7 Å². The smallest absolute Gasteiger partial charge is 0.340 e. The first-order valence-corrected chi connectivity index (χ1v) is 13.4. The predicted molar refractivity (Wildman–Crippen MR) is 129 cm³/mol. The summed E-state index contributed by atoms with van der Waals surface area (Å²) < 4.78 is 55.6. The second-order valence-electron chi connectivity index (χ2n) is 8.65. The standard InChI is InChI=1S/C23H23FN4O5S2/c1-12-9-16-13(2)17(22(29)32-19(16)11-18(12)33-23-26-7-8-34-23)10-14-5-6-25-21(20(14)24)28-35(30,31)27-15-3-4-15/h5-9,11-12,15,18,27H,3-4,10H2,1-2H3,(H,25,28). The van der Waals surface area contributed by atoms with E-state index in [1.54, 1.807) is 19.2 Å². The molecule has 1 fully saturated rings. The van der Waals surface area contributed by atoms with Gasteiger partial charge < -0.3 is 9.15 Å². The lowest BCUT2D eigenvalue weighted by Gasteiger charge is -2.21. The number of hydrogen-bond donors (Lipinski definition) is 2. The number of nitrogens with zero attached hydrogens (tertiary/aromatic N) is 2. The minimum atomic E-state index is -3.95. The summed E-state index contributed by atoms with van der Waals surface area (Å²) in [6, 6.07) is 1.28. The fourth-order valence-electron chi connectivity index (χ4n) is 3.90. The normalized spacial score (nSPS) is 19.4. The van der Waals surface area contributed by atoms with Gasteiger partial charge in [0.2, 0.25) is 0 Å². The van der Waals surface area contributed by atoms with Gasteiger partial charge in [-0.05, 0) is 37.0 Å². The van der Waals surface area contributed by atoms with Gasteiger partial charge in [0.15, 0.2) is 11.6 Å². The fraction of sp³-hybridized carbons (Fsp3) is 0.348. The van der Waals surface area contributed by atoms with Crippen molar-refractivity contribution < 1.29 is 22.0 Å². The number of halogens is 1. The van der Waals surface area contributed by atoms with Gasteiger partial charge in [-0.25, -0.2) is 19.2 Å². The van der Waals surface area contributed by atoms with Crippen LogP contribution in [0, 0.1) is 18.7 Å². The van der Waals surface area contributed by atoms with E-state index in [0.29, 0.717) is 16.2 Å². The first-order valence-electron chi connectivity index (χ1n) is 11.1. The molecule has 0 bridgehead atoms. The maximum Gasteiger partial charge on any atom is 0.340 e. The van der Waals surface area contributed by atoms with Crippen LogP contribution in [0.3, 0.4) is 0 Å². The summed E-state index contributed by atoms with van der Waals surface area (Å²) in [5.74, 6) is -1.29. The van der Waals surface area contributed by atoms with Crippen LogP contribution in [0.25, 0.3) is 12.2 Å². The van der Waals surface area contributed by atoms with Crippen LogP contribution in [0.5, 0.6) is 5.19 Å². The van der Waals surface area contributed by atoms with Gasteiger partial charge in [0.1, 0.15) is 11.5 Å². The SMILES string of the molecule is Cc1c(Cc2ccnc(NS(=O)(=O)NC3CC3)c2F)c(=O)oc2c1=CC(C)C(Oc1nccs1)C=2. The van der Waals surface area contributed by atoms with E-state index in [9.17, 15) is 13.2 Å².